The van der Waals surface area contributed by atoms with Crippen molar-refractivity contribution in [2.24, 2.45) is 4.99 Å². The second-order valence-electron chi connectivity index (χ2n) is 7.38. The Morgan fingerprint density at radius 1 is 0.966 bits per heavy atom. The molecule has 0 fully saturated rings. The molecule has 0 amide bonds. The van der Waals surface area contributed by atoms with Gasteiger partial charge in [-0.25, -0.2) is 9.98 Å². The van der Waals surface area contributed by atoms with Crippen molar-refractivity contribution in [3.63, 3.8) is 0 Å². The zero-order chi connectivity index (χ0) is 20.2. The monoisotopic (exact) mass is 386 g/mol. The molecule has 0 saturated heterocycles. The number of rotatable bonds is 6. The van der Waals surface area contributed by atoms with E-state index in [0.717, 1.165) is 34.6 Å². The van der Waals surface area contributed by atoms with E-state index in [-0.39, 0.29) is 6.04 Å². The first-order valence-electron chi connectivity index (χ1n) is 10.1. The smallest absolute Gasteiger partial charge is 0.217 e. The summed E-state index contributed by atoms with van der Waals surface area (Å²) in [6.07, 6.45) is 2.83. The third-order valence-electron chi connectivity index (χ3n) is 5.17. The fraction of sp³-hybridized carbons (Fsp3) is 0.280. The van der Waals surface area contributed by atoms with Gasteiger partial charge in [0.05, 0.1) is 6.61 Å². The largest absolute Gasteiger partial charge is 0.478 e. The van der Waals surface area contributed by atoms with Gasteiger partial charge in [0.1, 0.15) is 12.6 Å². The van der Waals surface area contributed by atoms with Gasteiger partial charge in [-0.1, -0.05) is 49.4 Å². The Balaban J connectivity index is 1.50. The zero-order valence-electron chi connectivity index (χ0n) is 17.2. The maximum Gasteiger partial charge on any atom is 0.217 e. The van der Waals surface area contributed by atoms with Crippen LogP contribution in [-0.4, -0.2) is 24.1 Å². The van der Waals surface area contributed by atoms with E-state index in [1.165, 1.54) is 11.1 Å². The third kappa shape index (κ3) is 4.16. The SMILES string of the molecule is CCCOc1ccc(-c2ccc(C3COC(c4c(C)cccc4C)=N3)cc2)cn1. The first kappa shape index (κ1) is 19.2. The Labute approximate surface area is 172 Å². The van der Waals surface area contributed by atoms with Gasteiger partial charge >= 0.3 is 0 Å². The van der Waals surface area contributed by atoms with Gasteiger partial charge in [-0.05, 0) is 48.6 Å². The van der Waals surface area contributed by atoms with E-state index in [2.05, 4.69) is 68.2 Å². The van der Waals surface area contributed by atoms with E-state index in [1.54, 1.807) is 0 Å². The molecule has 0 saturated carbocycles. The van der Waals surface area contributed by atoms with Crippen LogP contribution in [-0.2, 0) is 4.74 Å². The van der Waals surface area contributed by atoms with E-state index in [1.807, 2.05) is 18.3 Å². The van der Waals surface area contributed by atoms with E-state index in [4.69, 9.17) is 14.5 Å². The molecule has 29 heavy (non-hydrogen) atoms. The minimum Gasteiger partial charge on any atom is -0.478 e. The lowest BCUT2D eigenvalue weighted by atomic mass is 10.0. The van der Waals surface area contributed by atoms with Crippen molar-refractivity contribution in [1.82, 2.24) is 4.98 Å². The number of hydrogen-bond donors (Lipinski definition) is 0. The molecule has 4 nitrogen and oxygen atoms in total. The predicted molar refractivity (Wildman–Crippen MR) is 117 cm³/mol. The maximum atomic E-state index is 5.95. The molecule has 4 heteroatoms. The van der Waals surface area contributed by atoms with Crippen LogP contribution in [0.1, 0.15) is 41.6 Å². The second kappa shape index (κ2) is 8.48. The van der Waals surface area contributed by atoms with E-state index in [9.17, 15) is 0 Å². The molecule has 1 unspecified atom stereocenters. The van der Waals surface area contributed by atoms with E-state index >= 15 is 0 Å². The average Bonchev–Trinajstić information content (AvgIpc) is 3.22. The first-order valence-corrected chi connectivity index (χ1v) is 10.1. The summed E-state index contributed by atoms with van der Waals surface area (Å²) >= 11 is 0. The predicted octanol–water partition coefficient (Wildman–Crippen LogP) is 5.67. The Hall–Kier alpha value is -3.14. The lowest BCUT2D eigenvalue weighted by Gasteiger charge is -2.08. The molecule has 1 aromatic heterocycles. The molecule has 0 aliphatic carbocycles. The number of hydrogen-bond acceptors (Lipinski definition) is 4. The molecule has 1 aliphatic heterocycles. The third-order valence-corrected chi connectivity index (χ3v) is 5.17. The van der Waals surface area contributed by atoms with Crippen LogP contribution < -0.4 is 4.74 Å². The Morgan fingerprint density at radius 3 is 2.34 bits per heavy atom. The number of ether oxygens (including phenoxy) is 2. The number of pyridine rings is 1. The Bertz CT molecular complexity index is 988. The van der Waals surface area contributed by atoms with E-state index < -0.39 is 0 Å². The fourth-order valence-corrected chi connectivity index (χ4v) is 3.57. The fourth-order valence-electron chi connectivity index (χ4n) is 3.57. The van der Waals surface area contributed by atoms with Gasteiger partial charge in [0.2, 0.25) is 11.8 Å². The zero-order valence-corrected chi connectivity index (χ0v) is 17.2. The summed E-state index contributed by atoms with van der Waals surface area (Å²) in [5.41, 5.74) is 6.86. The number of benzene rings is 2. The van der Waals surface area contributed by atoms with Gasteiger partial charge in [-0.2, -0.15) is 0 Å². The van der Waals surface area contributed by atoms with Gasteiger partial charge in [0, 0.05) is 23.4 Å². The summed E-state index contributed by atoms with van der Waals surface area (Å²) in [6.45, 7) is 7.55. The van der Waals surface area contributed by atoms with Gasteiger partial charge in [0.15, 0.2) is 0 Å². The summed E-state index contributed by atoms with van der Waals surface area (Å²) in [5, 5.41) is 0. The molecule has 0 N–H and O–H groups in total. The molecule has 3 aromatic rings. The number of nitrogens with zero attached hydrogens (tertiary/aromatic N) is 2. The van der Waals surface area contributed by atoms with Crippen molar-refractivity contribution >= 4 is 5.90 Å². The van der Waals surface area contributed by atoms with Gasteiger partial charge in [-0.3, -0.25) is 0 Å². The highest BCUT2D eigenvalue weighted by Gasteiger charge is 2.23. The molecule has 0 radical (unpaired) electrons. The van der Waals surface area contributed by atoms with Crippen molar-refractivity contribution in [1.29, 1.82) is 0 Å². The summed E-state index contributed by atoms with van der Waals surface area (Å²) in [6, 6.07) is 18.7. The van der Waals surface area contributed by atoms with Crippen molar-refractivity contribution in [3.05, 3.63) is 83.0 Å². The first-order chi connectivity index (χ1) is 14.2. The average molecular weight is 386 g/mol. The molecule has 2 heterocycles. The highest BCUT2D eigenvalue weighted by atomic mass is 16.5. The van der Waals surface area contributed by atoms with Crippen LogP contribution in [0.4, 0.5) is 0 Å². The van der Waals surface area contributed by atoms with Gasteiger partial charge in [0.25, 0.3) is 0 Å². The summed E-state index contributed by atoms with van der Waals surface area (Å²) < 4.78 is 11.5. The summed E-state index contributed by atoms with van der Waals surface area (Å²) in [5.74, 6) is 1.42. The van der Waals surface area contributed by atoms with Gasteiger partial charge < -0.3 is 9.47 Å². The van der Waals surface area contributed by atoms with Crippen molar-refractivity contribution in [2.45, 2.75) is 33.2 Å². The lowest BCUT2D eigenvalue weighted by Crippen LogP contribution is -2.05. The molecule has 0 bridgehead atoms. The highest BCUT2D eigenvalue weighted by Crippen LogP contribution is 2.29. The van der Waals surface area contributed by atoms with Crippen LogP contribution in [0.15, 0.2) is 65.8 Å². The number of aryl methyl sites for hydroxylation is 2. The normalized spacial score (nSPS) is 15.7. The molecular formula is C25H26N2O2. The van der Waals surface area contributed by atoms with Gasteiger partial charge in [-0.15, -0.1) is 0 Å². The minimum absolute atomic E-state index is 0.0287. The minimum atomic E-state index is 0.0287. The maximum absolute atomic E-state index is 5.95. The van der Waals surface area contributed by atoms with Crippen LogP contribution >= 0.6 is 0 Å². The summed E-state index contributed by atoms with van der Waals surface area (Å²) in [4.78, 5) is 9.25. The highest BCUT2D eigenvalue weighted by molar-refractivity contribution is 5.98. The number of aromatic nitrogens is 1. The molecule has 2 aromatic carbocycles. The molecule has 148 valence electrons. The van der Waals surface area contributed by atoms with E-state index in [0.29, 0.717) is 19.1 Å². The standard InChI is InChI=1S/C25H26N2O2/c1-4-14-28-23-13-12-21(15-26-23)19-8-10-20(11-9-19)22-16-29-25(27-22)24-17(2)6-5-7-18(24)3/h5-13,15,22H,4,14,16H2,1-3H3. The van der Waals surface area contributed by atoms with Crippen molar-refractivity contribution in [2.75, 3.05) is 13.2 Å². The van der Waals surface area contributed by atoms with Crippen LogP contribution in [0.25, 0.3) is 11.1 Å². The number of aliphatic imine (C=N–C) groups is 1. The van der Waals surface area contributed by atoms with Crippen LogP contribution in [0.5, 0.6) is 5.88 Å². The van der Waals surface area contributed by atoms with Crippen molar-refractivity contribution in [3.8, 4) is 17.0 Å². The van der Waals surface area contributed by atoms with Crippen LogP contribution in [0.3, 0.4) is 0 Å². The molecule has 1 aliphatic rings. The Morgan fingerprint density at radius 2 is 1.69 bits per heavy atom. The molecule has 1 atom stereocenters. The topological polar surface area (TPSA) is 43.7 Å². The quantitative estimate of drug-likeness (QED) is 0.548. The lowest BCUT2D eigenvalue weighted by molar-refractivity contribution is 0.305. The molecule has 0 spiro atoms. The van der Waals surface area contributed by atoms with Crippen LogP contribution in [0, 0.1) is 13.8 Å². The Kier molecular flexibility index (Phi) is 5.61. The molecular weight excluding hydrogens is 360 g/mol. The molecule has 4 rings (SSSR count). The van der Waals surface area contributed by atoms with Crippen molar-refractivity contribution < 1.29 is 9.47 Å². The van der Waals surface area contributed by atoms with Crippen LogP contribution in [0.2, 0.25) is 0 Å². The second-order valence-corrected chi connectivity index (χ2v) is 7.38. The summed E-state index contributed by atoms with van der Waals surface area (Å²) in [7, 11) is 0.